The average molecular weight is 359 g/mol. The molecule has 0 N–H and O–H groups in total. The summed E-state index contributed by atoms with van der Waals surface area (Å²) in [6.07, 6.45) is 5.75. The first-order valence-corrected chi connectivity index (χ1v) is 9.77. The molecule has 4 rings (SSSR count). The zero-order chi connectivity index (χ0) is 19.0. The molecule has 1 amide bonds. The van der Waals surface area contributed by atoms with E-state index in [0.717, 1.165) is 31.2 Å². The molecule has 27 heavy (non-hydrogen) atoms. The van der Waals surface area contributed by atoms with E-state index in [9.17, 15) is 4.79 Å². The maximum atomic E-state index is 13.3. The highest BCUT2D eigenvalue weighted by Gasteiger charge is 2.35. The van der Waals surface area contributed by atoms with Gasteiger partial charge in [-0.1, -0.05) is 50.2 Å². The smallest absolute Gasteiger partial charge is 0.228 e. The van der Waals surface area contributed by atoms with Crippen molar-refractivity contribution < 1.29 is 4.79 Å². The lowest BCUT2D eigenvalue weighted by Gasteiger charge is -2.37. The summed E-state index contributed by atoms with van der Waals surface area (Å²) in [4.78, 5) is 15.3. The van der Waals surface area contributed by atoms with E-state index >= 15 is 0 Å². The fraction of sp³-hybridized carbons (Fsp3) is 0.375. The van der Waals surface area contributed by atoms with E-state index in [0.29, 0.717) is 0 Å². The van der Waals surface area contributed by atoms with Crippen molar-refractivity contribution in [2.45, 2.75) is 45.6 Å². The van der Waals surface area contributed by atoms with Crippen LogP contribution in [0.1, 0.15) is 37.1 Å². The number of nitrogens with zero attached hydrogens (tertiary/aromatic N) is 2. The zero-order valence-electron chi connectivity index (χ0n) is 16.4. The average Bonchev–Trinajstić information content (AvgIpc) is 3.05. The largest absolute Gasteiger partial charge is 0.342 e. The number of likely N-dealkylation sites (N-methyl/N-ethyl adjacent to an activating group) is 1. The van der Waals surface area contributed by atoms with Crippen LogP contribution in [0.2, 0.25) is 0 Å². The number of rotatable bonds is 4. The molecule has 3 nitrogen and oxygen atoms in total. The van der Waals surface area contributed by atoms with Crippen LogP contribution >= 0.6 is 0 Å². The zero-order valence-corrected chi connectivity index (χ0v) is 16.4. The summed E-state index contributed by atoms with van der Waals surface area (Å²) in [6.45, 7) is 4.13. The second-order valence-corrected chi connectivity index (χ2v) is 8.37. The van der Waals surface area contributed by atoms with Crippen LogP contribution in [0, 0.1) is 11.5 Å². The molecule has 0 saturated carbocycles. The van der Waals surface area contributed by atoms with Crippen LogP contribution in [-0.4, -0.2) is 28.3 Å². The lowest BCUT2D eigenvalue weighted by molar-refractivity contribution is -0.141. The van der Waals surface area contributed by atoms with Crippen molar-refractivity contribution in [1.29, 1.82) is 0 Å². The van der Waals surface area contributed by atoms with E-state index in [1.54, 1.807) is 0 Å². The summed E-state index contributed by atoms with van der Waals surface area (Å²) in [5, 5.41) is 0. The Balaban J connectivity index is 1.52. The Bertz CT molecular complexity index is 955. The molecule has 1 aliphatic carbocycles. The second-order valence-electron chi connectivity index (χ2n) is 8.37. The standard InChI is InChI=1S/C24H27N2O/c1-24(2,17-18-9-5-4-6-10-18)23(27)25(3)20-13-12-19-15-21-11-7-8-14-26(21)22(19)16-20/h4-11,14,20H,12-13,16-17H2,1-3H3/t20-/m1/s1. The van der Waals surface area contributed by atoms with Gasteiger partial charge in [0.1, 0.15) is 0 Å². The van der Waals surface area contributed by atoms with Crippen LogP contribution in [0.25, 0.3) is 5.52 Å². The second kappa shape index (κ2) is 6.88. The minimum absolute atomic E-state index is 0.227. The fourth-order valence-electron chi connectivity index (χ4n) is 4.37. The highest BCUT2D eigenvalue weighted by molar-refractivity contribution is 5.82. The Morgan fingerprint density at radius 2 is 1.93 bits per heavy atom. The molecule has 0 fully saturated rings. The molecule has 0 spiro atoms. The number of benzene rings is 1. The number of hydrogen-bond donors (Lipinski definition) is 0. The third kappa shape index (κ3) is 3.39. The van der Waals surface area contributed by atoms with Gasteiger partial charge in [-0.15, -0.1) is 0 Å². The topological polar surface area (TPSA) is 24.7 Å². The molecule has 0 bridgehead atoms. The van der Waals surface area contributed by atoms with Gasteiger partial charge in [0.25, 0.3) is 0 Å². The van der Waals surface area contributed by atoms with Gasteiger partial charge in [-0.25, -0.2) is 0 Å². The number of fused-ring (bicyclic) bond motifs is 3. The number of aryl methyl sites for hydroxylation is 1. The van der Waals surface area contributed by atoms with Crippen LogP contribution in [0.5, 0.6) is 0 Å². The van der Waals surface area contributed by atoms with Crippen LogP contribution in [0.4, 0.5) is 0 Å². The van der Waals surface area contributed by atoms with Crippen molar-refractivity contribution in [1.82, 2.24) is 9.30 Å². The van der Waals surface area contributed by atoms with Gasteiger partial charge in [-0.3, -0.25) is 4.79 Å². The van der Waals surface area contributed by atoms with E-state index in [1.807, 2.05) is 30.1 Å². The molecular weight excluding hydrogens is 332 g/mol. The fourth-order valence-corrected chi connectivity index (χ4v) is 4.37. The molecule has 139 valence electrons. The van der Waals surface area contributed by atoms with Gasteiger partial charge >= 0.3 is 0 Å². The summed E-state index contributed by atoms with van der Waals surface area (Å²) in [5.74, 6) is 0.227. The third-order valence-electron chi connectivity index (χ3n) is 5.87. The number of carbonyl (C=O) groups is 1. The molecule has 0 aliphatic heterocycles. The highest BCUT2D eigenvalue weighted by atomic mass is 16.2. The molecule has 2 heterocycles. The van der Waals surface area contributed by atoms with Gasteiger partial charge < -0.3 is 9.30 Å². The van der Waals surface area contributed by atoms with E-state index < -0.39 is 5.41 Å². The molecule has 1 aromatic carbocycles. The summed E-state index contributed by atoms with van der Waals surface area (Å²) in [5.41, 5.74) is 4.54. The first-order chi connectivity index (χ1) is 13.0. The summed E-state index contributed by atoms with van der Waals surface area (Å²) >= 11 is 0. The van der Waals surface area contributed by atoms with E-state index in [-0.39, 0.29) is 11.9 Å². The predicted octanol–water partition coefficient (Wildman–Crippen LogP) is 4.32. The van der Waals surface area contributed by atoms with Crippen LogP contribution in [0.15, 0.2) is 54.7 Å². The summed E-state index contributed by atoms with van der Waals surface area (Å²) in [7, 11) is 1.98. The summed E-state index contributed by atoms with van der Waals surface area (Å²) in [6, 6.07) is 20.3. The molecule has 0 saturated heterocycles. The lowest BCUT2D eigenvalue weighted by atomic mass is 9.83. The van der Waals surface area contributed by atoms with Gasteiger partial charge in [0.15, 0.2) is 0 Å². The molecule has 2 aromatic heterocycles. The van der Waals surface area contributed by atoms with E-state index in [4.69, 9.17) is 0 Å². The quantitative estimate of drug-likeness (QED) is 0.681. The molecule has 1 atom stereocenters. The minimum Gasteiger partial charge on any atom is -0.342 e. The number of pyridine rings is 1. The number of carbonyl (C=O) groups excluding carboxylic acids is 1. The molecule has 1 aliphatic rings. The van der Waals surface area contributed by atoms with Crippen molar-refractivity contribution in [3.8, 4) is 0 Å². The van der Waals surface area contributed by atoms with Crippen LogP contribution < -0.4 is 0 Å². The molecule has 3 heteroatoms. The van der Waals surface area contributed by atoms with Crippen molar-refractivity contribution in [3.05, 3.63) is 77.6 Å². The van der Waals surface area contributed by atoms with Gasteiger partial charge in [0, 0.05) is 42.9 Å². The number of aromatic nitrogens is 1. The Labute approximate surface area is 161 Å². The van der Waals surface area contributed by atoms with Gasteiger partial charge in [-0.05, 0) is 42.5 Å². The molecule has 0 unspecified atom stereocenters. The van der Waals surface area contributed by atoms with Crippen LogP contribution in [-0.2, 0) is 24.1 Å². The number of amides is 1. The SMILES string of the molecule is CN(C(=O)C(C)(C)Cc1ccccc1)[C@@H]1CCc2[c]c3ccccn3c2C1. The Morgan fingerprint density at radius 1 is 1.19 bits per heavy atom. The maximum Gasteiger partial charge on any atom is 0.228 e. The van der Waals surface area contributed by atoms with Crippen molar-refractivity contribution in [3.63, 3.8) is 0 Å². The third-order valence-corrected chi connectivity index (χ3v) is 5.87. The number of hydrogen-bond acceptors (Lipinski definition) is 1. The van der Waals surface area contributed by atoms with Gasteiger partial charge in [-0.2, -0.15) is 0 Å². The maximum absolute atomic E-state index is 13.3. The predicted molar refractivity (Wildman–Crippen MR) is 109 cm³/mol. The monoisotopic (exact) mass is 359 g/mol. The van der Waals surface area contributed by atoms with Crippen molar-refractivity contribution in [2.24, 2.45) is 5.41 Å². The van der Waals surface area contributed by atoms with Crippen molar-refractivity contribution in [2.75, 3.05) is 7.05 Å². The first kappa shape index (κ1) is 17.8. The Morgan fingerprint density at radius 3 is 2.70 bits per heavy atom. The highest BCUT2D eigenvalue weighted by Crippen LogP contribution is 2.30. The van der Waals surface area contributed by atoms with Gasteiger partial charge in [0.05, 0.1) is 5.52 Å². The van der Waals surface area contributed by atoms with Crippen molar-refractivity contribution >= 4 is 11.4 Å². The van der Waals surface area contributed by atoms with Crippen LogP contribution in [0.3, 0.4) is 0 Å². The van der Waals surface area contributed by atoms with E-state index in [2.05, 4.69) is 60.8 Å². The lowest BCUT2D eigenvalue weighted by Crippen LogP contribution is -2.47. The normalized spacial score (nSPS) is 16.9. The molecular formula is C24H27N2O. The molecule has 1 radical (unpaired) electrons. The van der Waals surface area contributed by atoms with E-state index in [1.165, 1.54) is 16.8 Å². The summed E-state index contributed by atoms with van der Waals surface area (Å²) < 4.78 is 2.23. The first-order valence-electron chi connectivity index (χ1n) is 9.77. The minimum atomic E-state index is -0.413. The Hall–Kier alpha value is -2.55. The molecule has 3 aromatic rings. The Kier molecular flexibility index (Phi) is 4.55. The van der Waals surface area contributed by atoms with Gasteiger partial charge in [0.2, 0.25) is 5.91 Å².